The van der Waals surface area contributed by atoms with Crippen molar-refractivity contribution >= 4 is 17.5 Å². The van der Waals surface area contributed by atoms with Gasteiger partial charge in [0.05, 0.1) is 5.69 Å². The molecule has 3 aromatic rings. The van der Waals surface area contributed by atoms with Crippen molar-refractivity contribution in [3.05, 3.63) is 72.3 Å². The number of benzene rings is 2. The minimum absolute atomic E-state index is 0.0748. The molecule has 1 atom stereocenters. The second-order valence-corrected chi connectivity index (χ2v) is 6.40. The molecule has 150 valence electrons. The average molecular weight is 398 g/mol. The zero-order chi connectivity index (χ0) is 21.0. The van der Waals surface area contributed by atoms with Crippen molar-refractivity contribution in [1.29, 1.82) is 0 Å². The molecule has 0 radical (unpaired) electrons. The van der Waals surface area contributed by atoms with Gasteiger partial charge in [-0.25, -0.2) is 18.6 Å². The van der Waals surface area contributed by atoms with Gasteiger partial charge in [-0.15, -0.1) is 0 Å². The minimum Gasteiger partial charge on any atom is -0.479 e. The summed E-state index contributed by atoms with van der Waals surface area (Å²) in [7, 11) is 1.84. The smallest absolute Gasteiger partial charge is 0.344 e. The normalized spacial score (nSPS) is 11.7. The summed E-state index contributed by atoms with van der Waals surface area (Å²) in [4.78, 5) is 17.4. The molecule has 7 heteroatoms. The van der Waals surface area contributed by atoms with Gasteiger partial charge < -0.3 is 14.7 Å². The van der Waals surface area contributed by atoms with E-state index in [9.17, 15) is 13.6 Å². The first-order valence-corrected chi connectivity index (χ1v) is 9.05. The predicted molar refractivity (Wildman–Crippen MR) is 106 cm³/mol. The largest absolute Gasteiger partial charge is 0.479 e. The van der Waals surface area contributed by atoms with Crippen LogP contribution in [0.2, 0.25) is 0 Å². The Labute approximate surface area is 167 Å². The number of ether oxygens (including phenoxy) is 1. The van der Waals surface area contributed by atoms with Crippen molar-refractivity contribution in [2.24, 2.45) is 0 Å². The number of aromatic nitrogens is 1. The Kier molecular flexibility index (Phi) is 6.07. The molecule has 5 nitrogen and oxygen atoms in total. The Morgan fingerprint density at radius 2 is 1.76 bits per heavy atom. The molecule has 0 fully saturated rings. The third-order valence-electron chi connectivity index (χ3n) is 4.42. The van der Waals surface area contributed by atoms with E-state index in [1.54, 1.807) is 25.1 Å². The van der Waals surface area contributed by atoms with Gasteiger partial charge in [0.25, 0.3) is 0 Å². The van der Waals surface area contributed by atoms with Crippen LogP contribution in [0.15, 0.2) is 60.7 Å². The van der Waals surface area contributed by atoms with Crippen molar-refractivity contribution in [3.8, 4) is 17.0 Å². The summed E-state index contributed by atoms with van der Waals surface area (Å²) >= 11 is 0. The Hall–Kier alpha value is -3.48. The Balaban J connectivity index is 1.92. The number of nitrogens with zero attached hydrogens (tertiary/aromatic N) is 2. The third-order valence-corrected chi connectivity index (χ3v) is 4.42. The second kappa shape index (κ2) is 8.68. The van der Waals surface area contributed by atoms with Crippen LogP contribution >= 0.6 is 0 Å². The topological polar surface area (TPSA) is 62.7 Å². The molecule has 0 amide bonds. The van der Waals surface area contributed by atoms with Crippen LogP contribution in [0.4, 0.5) is 20.3 Å². The van der Waals surface area contributed by atoms with E-state index in [4.69, 9.17) is 9.84 Å². The van der Waals surface area contributed by atoms with Crippen LogP contribution in [-0.4, -0.2) is 29.2 Å². The highest BCUT2D eigenvalue weighted by molar-refractivity contribution is 5.73. The molecule has 1 aromatic heterocycles. The van der Waals surface area contributed by atoms with Crippen LogP contribution in [0.3, 0.4) is 0 Å². The lowest BCUT2D eigenvalue weighted by Gasteiger charge is -2.19. The fraction of sp³-hybridized carbons (Fsp3) is 0.182. The first-order valence-electron chi connectivity index (χ1n) is 9.05. The van der Waals surface area contributed by atoms with Crippen molar-refractivity contribution in [3.63, 3.8) is 0 Å². The lowest BCUT2D eigenvalue weighted by atomic mass is 10.1. The lowest BCUT2D eigenvalue weighted by molar-refractivity contribution is -0.145. The van der Waals surface area contributed by atoms with E-state index in [2.05, 4.69) is 4.98 Å². The first-order chi connectivity index (χ1) is 13.9. The quantitative estimate of drug-likeness (QED) is 0.604. The van der Waals surface area contributed by atoms with Crippen LogP contribution in [-0.2, 0) is 4.79 Å². The molecule has 0 aliphatic rings. The third kappa shape index (κ3) is 4.51. The molecule has 3 rings (SSSR count). The van der Waals surface area contributed by atoms with Gasteiger partial charge >= 0.3 is 5.97 Å². The fourth-order valence-corrected chi connectivity index (χ4v) is 2.83. The number of hydrogen-bond acceptors (Lipinski definition) is 4. The molecule has 0 aliphatic heterocycles. The van der Waals surface area contributed by atoms with Gasteiger partial charge in [0.2, 0.25) is 0 Å². The van der Waals surface area contributed by atoms with Gasteiger partial charge in [-0.1, -0.05) is 31.2 Å². The lowest BCUT2D eigenvalue weighted by Crippen LogP contribution is -2.26. The van der Waals surface area contributed by atoms with E-state index in [0.717, 1.165) is 17.8 Å². The number of carbonyl (C=O) groups is 1. The van der Waals surface area contributed by atoms with Gasteiger partial charge in [-0.2, -0.15) is 0 Å². The molecular weight excluding hydrogens is 378 g/mol. The average Bonchev–Trinajstić information content (AvgIpc) is 2.73. The van der Waals surface area contributed by atoms with Crippen LogP contribution in [0, 0.1) is 11.6 Å². The number of anilines is 2. The van der Waals surface area contributed by atoms with E-state index in [1.165, 1.54) is 0 Å². The highest BCUT2D eigenvalue weighted by Crippen LogP contribution is 2.31. The summed E-state index contributed by atoms with van der Waals surface area (Å²) < 4.78 is 34.0. The monoisotopic (exact) mass is 398 g/mol. The minimum atomic E-state index is -1.33. The van der Waals surface area contributed by atoms with E-state index < -0.39 is 29.5 Å². The summed E-state index contributed by atoms with van der Waals surface area (Å²) in [5.41, 5.74) is 1.51. The Bertz CT molecular complexity index is 989. The van der Waals surface area contributed by atoms with Crippen molar-refractivity contribution in [1.82, 2.24) is 4.98 Å². The molecule has 1 N–H and O–H groups in total. The fourth-order valence-electron chi connectivity index (χ4n) is 2.83. The van der Waals surface area contributed by atoms with Crippen LogP contribution in [0.5, 0.6) is 5.75 Å². The molecule has 1 heterocycles. The molecule has 29 heavy (non-hydrogen) atoms. The maximum absolute atomic E-state index is 14.5. The molecule has 0 aliphatic carbocycles. The van der Waals surface area contributed by atoms with Gasteiger partial charge in [0.1, 0.15) is 5.82 Å². The first kappa shape index (κ1) is 20.3. The molecule has 0 saturated heterocycles. The number of rotatable bonds is 7. The predicted octanol–water partition coefficient (Wildman–Crippen LogP) is 5.04. The number of carboxylic acids is 1. The summed E-state index contributed by atoms with van der Waals surface area (Å²) in [5, 5.41) is 9.04. The standard InChI is InChI=1S/C22H20F2N2O3/c1-3-19(22(27)28)29-21-16(23)12-14(13-17(21)24)18-10-7-11-20(25-18)26(2)15-8-5-4-6-9-15/h4-13,19H,3H2,1-2H3,(H,27,28). The van der Waals surface area contributed by atoms with Crippen molar-refractivity contribution < 1.29 is 23.4 Å². The zero-order valence-corrected chi connectivity index (χ0v) is 16.0. The number of aliphatic carboxylic acids is 1. The Morgan fingerprint density at radius 3 is 2.34 bits per heavy atom. The number of carboxylic acid groups (broad SMARTS) is 1. The number of para-hydroxylation sites is 1. The zero-order valence-electron chi connectivity index (χ0n) is 16.0. The van der Waals surface area contributed by atoms with Gasteiger partial charge in [-0.3, -0.25) is 0 Å². The maximum atomic E-state index is 14.5. The summed E-state index contributed by atoms with van der Waals surface area (Å²) in [6, 6.07) is 16.9. The molecule has 0 saturated carbocycles. The molecular formula is C22H20F2N2O3. The summed E-state index contributed by atoms with van der Waals surface area (Å²) in [5.74, 6) is -3.35. The van der Waals surface area contributed by atoms with Crippen molar-refractivity contribution in [2.75, 3.05) is 11.9 Å². The maximum Gasteiger partial charge on any atom is 0.344 e. The number of halogens is 2. The number of hydrogen-bond donors (Lipinski definition) is 1. The van der Waals surface area contributed by atoms with Crippen LogP contribution in [0.25, 0.3) is 11.3 Å². The summed E-state index contributed by atoms with van der Waals surface area (Å²) in [6.07, 6.45) is -1.25. The van der Waals surface area contributed by atoms with E-state index in [-0.39, 0.29) is 12.0 Å². The molecule has 2 aromatic carbocycles. The molecule has 1 unspecified atom stereocenters. The highest BCUT2D eigenvalue weighted by Gasteiger charge is 2.22. The number of pyridine rings is 1. The van der Waals surface area contributed by atoms with Crippen LogP contribution < -0.4 is 9.64 Å². The van der Waals surface area contributed by atoms with Gasteiger partial charge in [-0.05, 0) is 42.8 Å². The summed E-state index contributed by atoms with van der Waals surface area (Å²) in [6.45, 7) is 1.56. The SMILES string of the molecule is CCC(Oc1c(F)cc(-c2cccc(N(C)c3ccccc3)n2)cc1F)C(=O)O. The van der Waals surface area contributed by atoms with E-state index >= 15 is 0 Å². The van der Waals surface area contributed by atoms with E-state index in [0.29, 0.717) is 11.5 Å². The van der Waals surface area contributed by atoms with E-state index in [1.807, 2.05) is 42.3 Å². The second-order valence-electron chi connectivity index (χ2n) is 6.40. The van der Waals surface area contributed by atoms with Gasteiger partial charge in [0, 0.05) is 18.3 Å². The van der Waals surface area contributed by atoms with Crippen LogP contribution in [0.1, 0.15) is 13.3 Å². The van der Waals surface area contributed by atoms with Crippen molar-refractivity contribution in [2.45, 2.75) is 19.4 Å². The highest BCUT2D eigenvalue weighted by atomic mass is 19.1. The molecule has 0 bridgehead atoms. The van der Waals surface area contributed by atoms with Gasteiger partial charge in [0.15, 0.2) is 23.5 Å². The Morgan fingerprint density at radius 1 is 1.10 bits per heavy atom. The molecule has 0 spiro atoms.